The van der Waals surface area contributed by atoms with Crippen LogP contribution in [-0.2, 0) is 11.3 Å². The number of hydrogen-bond donors (Lipinski definition) is 1. The summed E-state index contributed by atoms with van der Waals surface area (Å²) in [7, 11) is 0. The quantitative estimate of drug-likeness (QED) is 0.696. The van der Waals surface area contributed by atoms with Gasteiger partial charge in [0.05, 0.1) is 32.1 Å². The molecule has 0 atom stereocenters. The number of halogens is 1. The van der Waals surface area contributed by atoms with Gasteiger partial charge in [-0.3, -0.25) is 4.79 Å². The van der Waals surface area contributed by atoms with Crippen molar-refractivity contribution in [1.82, 2.24) is 0 Å². The van der Waals surface area contributed by atoms with Gasteiger partial charge < -0.3 is 28.9 Å². The molecule has 0 unspecified atom stereocenters. The third-order valence-electron chi connectivity index (χ3n) is 4.28. The number of benzene rings is 1. The summed E-state index contributed by atoms with van der Waals surface area (Å²) in [5, 5.41) is 10.4. The number of carbonyl (C=O) groups is 1. The summed E-state index contributed by atoms with van der Waals surface area (Å²) in [4.78, 5) is 25.7. The first-order valence-electron chi connectivity index (χ1n) is 8.30. The number of carboxylic acids is 1. The van der Waals surface area contributed by atoms with E-state index >= 15 is 0 Å². The molecule has 1 fully saturated rings. The fraction of sp³-hybridized carbons (Fsp3) is 0.333. The van der Waals surface area contributed by atoms with E-state index in [9.17, 15) is 19.1 Å². The van der Waals surface area contributed by atoms with Crippen LogP contribution >= 0.6 is 0 Å². The van der Waals surface area contributed by atoms with Crippen molar-refractivity contribution >= 4 is 11.7 Å². The van der Waals surface area contributed by atoms with E-state index in [1.54, 1.807) is 12.1 Å². The van der Waals surface area contributed by atoms with Crippen LogP contribution in [0.4, 0.5) is 10.1 Å². The third kappa shape index (κ3) is 4.60. The SMILES string of the molecule is O=C([O-])COc1coc(C[NH+]2CCN(c3ccc(F)cc3)CC2)cc1=O. The second kappa shape index (κ2) is 8.01. The highest BCUT2D eigenvalue weighted by atomic mass is 19.1. The fourth-order valence-corrected chi connectivity index (χ4v) is 2.93. The van der Waals surface area contributed by atoms with Crippen molar-refractivity contribution in [1.29, 1.82) is 0 Å². The maximum atomic E-state index is 13.0. The molecule has 3 rings (SSSR count). The fourth-order valence-electron chi connectivity index (χ4n) is 2.93. The maximum absolute atomic E-state index is 13.0. The van der Waals surface area contributed by atoms with Gasteiger partial charge >= 0.3 is 0 Å². The standard InChI is InChI=1S/C18H19FN2O5/c19-13-1-3-14(4-2-13)21-7-5-20(6-8-21)10-15-9-16(22)17(11-25-15)26-12-18(23)24/h1-4,9,11H,5-8,10,12H2,(H,23,24). The summed E-state index contributed by atoms with van der Waals surface area (Å²) in [6.45, 7) is 3.19. The van der Waals surface area contributed by atoms with Crippen LogP contribution in [0.15, 0.2) is 45.8 Å². The Kier molecular flexibility index (Phi) is 5.52. The number of carbonyl (C=O) groups excluding carboxylic acids is 1. The molecule has 8 heteroatoms. The van der Waals surface area contributed by atoms with E-state index in [-0.39, 0.29) is 11.6 Å². The molecule has 1 N–H and O–H groups in total. The highest BCUT2D eigenvalue weighted by Gasteiger charge is 2.21. The number of ether oxygens (including phenoxy) is 1. The molecular formula is C18H19FN2O5. The molecule has 0 bridgehead atoms. The first-order valence-corrected chi connectivity index (χ1v) is 8.30. The molecule has 1 aromatic carbocycles. The topological polar surface area (TPSA) is 87.2 Å². The molecule has 7 nitrogen and oxygen atoms in total. The van der Waals surface area contributed by atoms with Crippen molar-refractivity contribution < 1.29 is 28.3 Å². The van der Waals surface area contributed by atoms with Crippen LogP contribution in [-0.4, -0.2) is 38.8 Å². The van der Waals surface area contributed by atoms with Gasteiger partial charge in [-0.25, -0.2) is 4.39 Å². The number of aliphatic carboxylic acids is 1. The molecule has 0 aliphatic carbocycles. The smallest absolute Gasteiger partial charge is 0.227 e. The molecule has 1 aromatic heterocycles. The van der Waals surface area contributed by atoms with Gasteiger partial charge in [0.15, 0.2) is 5.76 Å². The van der Waals surface area contributed by atoms with E-state index in [0.29, 0.717) is 12.3 Å². The highest BCUT2D eigenvalue weighted by Crippen LogP contribution is 2.14. The van der Waals surface area contributed by atoms with Gasteiger partial charge in [0, 0.05) is 11.8 Å². The van der Waals surface area contributed by atoms with E-state index < -0.39 is 18.0 Å². The van der Waals surface area contributed by atoms with Crippen molar-refractivity contribution in [3.8, 4) is 5.75 Å². The molecule has 0 spiro atoms. The van der Waals surface area contributed by atoms with Crippen molar-refractivity contribution in [3.63, 3.8) is 0 Å². The van der Waals surface area contributed by atoms with Crippen molar-refractivity contribution in [2.45, 2.75) is 6.54 Å². The van der Waals surface area contributed by atoms with Gasteiger partial charge in [0.25, 0.3) is 0 Å². The van der Waals surface area contributed by atoms with Gasteiger partial charge in [0.1, 0.15) is 25.2 Å². The minimum absolute atomic E-state index is 0.144. The largest absolute Gasteiger partial charge is 0.546 e. The van der Waals surface area contributed by atoms with Crippen LogP contribution in [0.1, 0.15) is 5.76 Å². The normalized spacial score (nSPS) is 15.0. The number of hydrogen-bond acceptors (Lipinski definition) is 6. The molecule has 26 heavy (non-hydrogen) atoms. The minimum Gasteiger partial charge on any atom is -0.546 e. The summed E-state index contributed by atoms with van der Waals surface area (Å²) >= 11 is 0. The van der Waals surface area contributed by atoms with Crippen LogP contribution in [0.3, 0.4) is 0 Å². The van der Waals surface area contributed by atoms with E-state index in [1.165, 1.54) is 23.1 Å². The third-order valence-corrected chi connectivity index (χ3v) is 4.28. The first kappa shape index (κ1) is 17.9. The number of anilines is 1. The number of carboxylic acid groups (broad SMARTS) is 1. The van der Waals surface area contributed by atoms with Crippen LogP contribution in [0.25, 0.3) is 0 Å². The lowest BCUT2D eigenvalue weighted by Crippen LogP contribution is -3.13. The summed E-state index contributed by atoms with van der Waals surface area (Å²) in [6, 6.07) is 7.76. The van der Waals surface area contributed by atoms with E-state index in [1.807, 2.05) is 0 Å². The average Bonchev–Trinajstić information content (AvgIpc) is 2.62. The molecule has 0 saturated carbocycles. The number of quaternary nitrogens is 1. The highest BCUT2D eigenvalue weighted by molar-refractivity contribution is 5.65. The van der Waals surface area contributed by atoms with Crippen molar-refractivity contribution in [2.24, 2.45) is 0 Å². The second-order valence-electron chi connectivity index (χ2n) is 6.13. The van der Waals surface area contributed by atoms with Gasteiger partial charge in [-0.1, -0.05) is 0 Å². The van der Waals surface area contributed by atoms with Crippen LogP contribution in [0, 0.1) is 5.82 Å². The number of nitrogens with zero attached hydrogens (tertiary/aromatic N) is 1. The van der Waals surface area contributed by atoms with E-state index in [4.69, 9.17) is 9.15 Å². The number of piperazine rings is 1. The molecule has 1 aliphatic rings. The second-order valence-corrected chi connectivity index (χ2v) is 6.13. The molecule has 2 aromatic rings. The van der Waals surface area contributed by atoms with Crippen LogP contribution < -0.4 is 25.1 Å². The molecule has 2 heterocycles. The zero-order valence-electron chi connectivity index (χ0n) is 14.1. The minimum atomic E-state index is -1.41. The Hall–Kier alpha value is -2.87. The molecule has 138 valence electrons. The lowest BCUT2D eigenvalue weighted by molar-refractivity contribution is -0.915. The lowest BCUT2D eigenvalue weighted by Gasteiger charge is -2.33. The van der Waals surface area contributed by atoms with Gasteiger partial charge in [-0.15, -0.1) is 0 Å². The molecule has 0 radical (unpaired) electrons. The average molecular weight is 362 g/mol. The summed E-state index contributed by atoms with van der Waals surface area (Å²) in [5.41, 5.74) is 0.572. The maximum Gasteiger partial charge on any atom is 0.227 e. The molecule has 1 aliphatic heterocycles. The summed E-state index contributed by atoms with van der Waals surface area (Å²) < 4.78 is 23.2. The van der Waals surface area contributed by atoms with Crippen molar-refractivity contribution in [2.75, 3.05) is 37.7 Å². The monoisotopic (exact) mass is 362 g/mol. The lowest BCUT2D eigenvalue weighted by atomic mass is 10.2. The Morgan fingerprint density at radius 1 is 1.27 bits per heavy atom. The predicted octanol–water partition coefficient (Wildman–Crippen LogP) is -1.19. The Labute approximate surface area is 149 Å². The molecule has 0 amide bonds. The summed E-state index contributed by atoms with van der Waals surface area (Å²) in [5.74, 6) is -1.29. The van der Waals surface area contributed by atoms with Gasteiger partial charge in [-0.05, 0) is 24.3 Å². The van der Waals surface area contributed by atoms with Gasteiger partial charge in [-0.2, -0.15) is 0 Å². The Morgan fingerprint density at radius 3 is 2.58 bits per heavy atom. The molecule has 1 saturated heterocycles. The predicted molar refractivity (Wildman–Crippen MR) is 88.5 cm³/mol. The Bertz CT molecular complexity index is 813. The van der Waals surface area contributed by atoms with Crippen LogP contribution in [0.2, 0.25) is 0 Å². The van der Waals surface area contributed by atoms with Crippen molar-refractivity contribution in [3.05, 3.63) is 58.4 Å². The number of rotatable bonds is 6. The summed E-state index contributed by atoms with van der Waals surface area (Å²) in [6.07, 6.45) is 1.13. The van der Waals surface area contributed by atoms with E-state index in [2.05, 4.69) is 4.90 Å². The Balaban J connectivity index is 1.54. The van der Waals surface area contributed by atoms with Crippen LogP contribution in [0.5, 0.6) is 5.75 Å². The number of nitrogens with one attached hydrogen (secondary N) is 1. The first-order chi connectivity index (χ1) is 12.5. The zero-order valence-corrected chi connectivity index (χ0v) is 14.1. The van der Waals surface area contributed by atoms with E-state index in [0.717, 1.165) is 38.1 Å². The molecular weight excluding hydrogens is 343 g/mol. The van der Waals surface area contributed by atoms with Gasteiger partial charge in [0.2, 0.25) is 11.2 Å². The zero-order chi connectivity index (χ0) is 18.5. The Morgan fingerprint density at radius 2 is 1.96 bits per heavy atom.